The Hall–Kier alpha value is -1.58. The van der Waals surface area contributed by atoms with Crippen molar-refractivity contribution < 1.29 is 10.2 Å². The molecule has 2 rings (SSSR count). The number of aromatic hydroxyl groups is 2. The van der Waals surface area contributed by atoms with Gasteiger partial charge in [0.2, 0.25) is 0 Å². The minimum absolute atomic E-state index is 0.136. The molecule has 0 aliphatic carbocycles. The lowest BCUT2D eigenvalue weighted by molar-refractivity contribution is 0.400. The van der Waals surface area contributed by atoms with Crippen molar-refractivity contribution in [3.8, 4) is 11.5 Å². The highest BCUT2D eigenvalue weighted by Gasteiger charge is 2.07. The van der Waals surface area contributed by atoms with Crippen LogP contribution < -0.4 is 5.32 Å². The van der Waals surface area contributed by atoms with Gasteiger partial charge in [-0.05, 0) is 18.2 Å². The summed E-state index contributed by atoms with van der Waals surface area (Å²) in [5.41, 5.74) is 1.25. The standard InChI is InChI=1S/C13H11Cl2NO2/c14-9-4-2-5-10(12(9)15)16-7-8-3-1-6-11(17)13(8)18/h1-6,16-18H,7H2. The minimum Gasteiger partial charge on any atom is -0.504 e. The molecule has 0 radical (unpaired) electrons. The van der Waals surface area contributed by atoms with Gasteiger partial charge in [-0.25, -0.2) is 0 Å². The molecule has 0 aliphatic heterocycles. The average Bonchev–Trinajstić information content (AvgIpc) is 2.36. The second-order valence-corrected chi connectivity index (χ2v) is 4.52. The van der Waals surface area contributed by atoms with Gasteiger partial charge in [0.25, 0.3) is 0 Å². The molecule has 18 heavy (non-hydrogen) atoms. The predicted molar refractivity (Wildman–Crippen MR) is 73.6 cm³/mol. The minimum atomic E-state index is -0.147. The summed E-state index contributed by atoms with van der Waals surface area (Å²) in [6.45, 7) is 0.334. The fourth-order valence-electron chi connectivity index (χ4n) is 1.55. The van der Waals surface area contributed by atoms with Gasteiger partial charge in [-0.15, -0.1) is 0 Å². The van der Waals surface area contributed by atoms with Gasteiger partial charge in [-0.1, -0.05) is 41.4 Å². The van der Waals surface area contributed by atoms with Gasteiger partial charge in [0.05, 0.1) is 15.7 Å². The Kier molecular flexibility index (Phi) is 3.84. The van der Waals surface area contributed by atoms with Crippen LogP contribution in [0.3, 0.4) is 0 Å². The van der Waals surface area contributed by atoms with Crippen LogP contribution in [0.15, 0.2) is 36.4 Å². The SMILES string of the molecule is Oc1cccc(CNc2cccc(Cl)c2Cl)c1O. The van der Waals surface area contributed by atoms with Crippen molar-refractivity contribution >= 4 is 28.9 Å². The van der Waals surface area contributed by atoms with Gasteiger partial charge in [0.1, 0.15) is 0 Å². The lowest BCUT2D eigenvalue weighted by Gasteiger charge is -2.11. The van der Waals surface area contributed by atoms with Crippen LogP contribution in [0.4, 0.5) is 5.69 Å². The number of nitrogens with one attached hydrogen (secondary N) is 1. The van der Waals surface area contributed by atoms with E-state index < -0.39 is 0 Å². The van der Waals surface area contributed by atoms with Crippen LogP contribution in [0.5, 0.6) is 11.5 Å². The van der Waals surface area contributed by atoms with Crippen LogP contribution in [0.2, 0.25) is 10.0 Å². The number of hydrogen-bond acceptors (Lipinski definition) is 3. The third-order valence-electron chi connectivity index (χ3n) is 2.52. The number of benzene rings is 2. The van der Waals surface area contributed by atoms with Crippen LogP contribution in [0.25, 0.3) is 0 Å². The van der Waals surface area contributed by atoms with Gasteiger partial charge >= 0.3 is 0 Å². The van der Waals surface area contributed by atoms with Crippen LogP contribution in [-0.4, -0.2) is 10.2 Å². The summed E-state index contributed by atoms with van der Waals surface area (Å²) in [5.74, 6) is -0.283. The number of para-hydroxylation sites is 1. The lowest BCUT2D eigenvalue weighted by Crippen LogP contribution is -2.00. The molecule has 0 aromatic heterocycles. The van der Waals surface area contributed by atoms with Gasteiger partial charge in [-0.3, -0.25) is 0 Å². The zero-order valence-corrected chi connectivity index (χ0v) is 10.8. The van der Waals surface area contributed by atoms with Crippen molar-refractivity contribution in [1.29, 1.82) is 0 Å². The molecule has 0 unspecified atom stereocenters. The highest BCUT2D eigenvalue weighted by Crippen LogP contribution is 2.32. The number of phenolic OH excluding ortho intramolecular Hbond substituents is 2. The van der Waals surface area contributed by atoms with E-state index >= 15 is 0 Å². The molecule has 0 fully saturated rings. The van der Waals surface area contributed by atoms with Crippen LogP contribution in [-0.2, 0) is 6.54 Å². The fourth-order valence-corrected chi connectivity index (χ4v) is 1.92. The van der Waals surface area contributed by atoms with E-state index in [0.29, 0.717) is 27.8 Å². The fraction of sp³-hybridized carbons (Fsp3) is 0.0769. The Morgan fingerprint density at radius 3 is 2.50 bits per heavy atom. The van der Waals surface area contributed by atoms with Crippen molar-refractivity contribution in [3.63, 3.8) is 0 Å². The van der Waals surface area contributed by atoms with Gasteiger partial charge in [0, 0.05) is 12.1 Å². The zero-order valence-electron chi connectivity index (χ0n) is 9.32. The Labute approximate surface area is 115 Å². The largest absolute Gasteiger partial charge is 0.504 e. The molecular weight excluding hydrogens is 273 g/mol. The maximum Gasteiger partial charge on any atom is 0.162 e. The molecule has 0 amide bonds. The van der Waals surface area contributed by atoms with E-state index in [2.05, 4.69) is 5.32 Å². The Bertz CT molecular complexity index is 521. The highest BCUT2D eigenvalue weighted by molar-refractivity contribution is 6.43. The first-order valence-electron chi connectivity index (χ1n) is 5.27. The average molecular weight is 284 g/mol. The van der Waals surface area contributed by atoms with Crippen molar-refractivity contribution in [2.45, 2.75) is 6.54 Å². The summed E-state index contributed by atoms with van der Waals surface area (Å²) < 4.78 is 0. The van der Waals surface area contributed by atoms with E-state index in [1.165, 1.54) is 6.07 Å². The molecule has 0 spiro atoms. The topological polar surface area (TPSA) is 52.5 Å². The number of rotatable bonds is 3. The summed E-state index contributed by atoms with van der Waals surface area (Å²) in [7, 11) is 0. The molecule has 3 nitrogen and oxygen atoms in total. The van der Waals surface area contributed by atoms with E-state index in [4.69, 9.17) is 23.2 Å². The molecule has 94 valence electrons. The molecule has 0 heterocycles. The molecule has 0 atom stereocenters. The first-order chi connectivity index (χ1) is 8.59. The molecule has 0 bridgehead atoms. The maximum absolute atomic E-state index is 9.65. The second-order valence-electron chi connectivity index (χ2n) is 3.74. The monoisotopic (exact) mass is 283 g/mol. The Morgan fingerprint density at radius 1 is 1.00 bits per heavy atom. The Balaban J connectivity index is 2.17. The van der Waals surface area contributed by atoms with E-state index in [-0.39, 0.29) is 11.5 Å². The highest BCUT2D eigenvalue weighted by atomic mass is 35.5. The number of anilines is 1. The van der Waals surface area contributed by atoms with Crippen molar-refractivity contribution in [3.05, 3.63) is 52.0 Å². The van der Waals surface area contributed by atoms with Gasteiger partial charge in [-0.2, -0.15) is 0 Å². The van der Waals surface area contributed by atoms with Crippen LogP contribution in [0, 0.1) is 0 Å². The first-order valence-corrected chi connectivity index (χ1v) is 6.03. The number of halogens is 2. The molecule has 2 aromatic carbocycles. The molecule has 2 aromatic rings. The smallest absolute Gasteiger partial charge is 0.162 e. The van der Waals surface area contributed by atoms with E-state index in [0.717, 1.165) is 0 Å². The van der Waals surface area contributed by atoms with Crippen LogP contribution >= 0.6 is 23.2 Å². The molecule has 0 saturated heterocycles. The molecule has 3 N–H and O–H groups in total. The summed E-state index contributed by atoms with van der Waals surface area (Å²) in [6.07, 6.45) is 0. The summed E-state index contributed by atoms with van der Waals surface area (Å²) in [6, 6.07) is 10.0. The summed E-state index contributed by atoms with van der Waals surface area (Å²) in [4.78, 5) is 0. The van der Waals surface area contributed by atoms with Gasteiger partial charge < -0.3 is 15.5 Å². The molecular formula is C13H11Cl2NO2. The second kappa shape index (κ2) is 5.38. The third kappa shape index (κ3) is 2.63. The lowest BCUT2D eigenvalue weighted by atomic mass is 10.2. The first kappa shape index (κ1) is 12.9. The van der Waals surface area contributed by atoms with Crippen molar-refractivity contribution in [1.82, 2.24) is 0 Å². The maximum atomic E-state index is 9.65. The number of hydrogen-bond donors (Lipinski definition) is 3. The van der Waals surface area contributed by atoms with Gasteiger partial charge in [0.15, 0.2) is 11.5 Å². The normalized spacial score (nSPS) is 10.3. The zero-order chi connectivity index (χ0) is 13.1. The third-order valence-corrected chi connectivity index (χ3v) is 3.34. The summed E-state index contributed by atoms with van der Waals surface area (Å²) in [5, 5.41) is 23.0. The quantitative estimate of drug-likeness (QED) is 0.746. The predicted octanol–water partition coefficient (Wildman–Crippen LogP) is 4.02. The van der Waals surface area contributed by atoms with Crippen LogP contribution in [0.1, 0.15) is 5.56 Å². The summed E-state index contributed by atoms with van der Waals surface area (Å²) >= 11 is 11.9. The molecule has 0 saturated carbocycles. The van der Waals surface area contributed by atoms with E-state index in [1.54, 1.807) is 30.3 Å². The van der Waals surface area contributed by atoms with Crippen molar-refractivity contribution in [2.24, 2.45) is 0 Å². The van der Waals surface area contributed by atoms with E-state index in [1.807, 2.05) is 0 Å². The molecule has 5 heteroatoms. The van der Waals surface area contributed by atoms with E-state index in [9.17, 15) is 10.2 Å². The Morgan fingerprint density at radius 2 is 1.72 bits per heavy atom. The molecule has 0 aliphatic rings. The van der Waals surface area contributed by atoms with Crippen molar-refractivity contribution in [2.75, 3.05) is 5.32 Å². The number of phenols is 2.